The molecule has 1 aromatic carbocycles. The predicted molar refractivity (Wildman–Crippen MR) is 68.0 cm³/mol. The maximum atomic E-state index is 11.4. The normalized spacial score (nSPS) is 10.0. The zero-order valence-electron chi connectivity index (χ0n) is 7.93. The lowest BCUT2D eigenvalue weighted by Crippen LogP contribution is -2.03. The third-order valence-electron chi connectivity index (χ3n) is 1.70. The van der Waals surface area contributed by atoms with Gasteiger partial charge in [-0.1, -0.05) is 0 Å². The van der Waals surface area contributed by atoms with Gasteiger partial charge in [-0.25, -0.2) is 0 Å². The zero-order valence-corrected chi connectivity index (χ0v) is 11.7. The molecule has 0 amide bonds. The van der Waals surface area contributed by atoms with Gasteiger partial charge in [0.2, 0.25) is 0 Å². The van der Waals surface area contributed by atoms with Crippen molar-refractivity contribution in [2.75, 3.05) is 6.61 Å². The molecule has 14 heavy (non-hydrogen) atoms. The SMILES string of the molecule is CCOc1c(Br)ccc(I)c1C(C)=O. The monoisotopic (exact) mass is 368 g/mol. The predicted octanol–water partition coefficient (Wildman–Crippen LogP) is 3.66. The van der Waals surface area contributed by atoms with Crippen molar-refractivity contribution in [1.29, 1.82) is 0 Å². The summed E-state index contributed by atoms with van der Waals surface area (Å²) in [6.45, 7) is 4.00. The molecule has 0 saturated heterocycles. The molecular weight excluding hydrogens is 359 g/mol. The third kappa shape index (κ3) is 2.48. The summed E-state index contributed by atoms with van der Waals surface area (Å²) in [5.41, 5.74) is 0.654. The van der Waals surface area contributed by atoms with Crippen LogP contribution in [0.25, 0.3) is 0 Å². The van der Waals surface area contributed by atoms with E-state index in [0.29, 0.717) is 17.9 Å². The molecule has 0 bridgehead atoms. The molecule has 76 valence electrons. The highest BCUT2D eigenvalue weighted by Gasteiger charge is 2.15. The summed E-state index contributed by atoms with van der Waals surface area (Å²) in [6, 6.07) is 3.78. The van der Waals surface area contributed by atoms with Gasteiger partial charge in [-0.15, -0.1) is 0 Å². The number of halogens is 2. The number of hydrogen-bond acceptors (Lipinski definition) is 2. The van der Waals surface area contributed by atoms with Crippen molar-refractivity contribution in [2.45, 2.75) is 13.8 Å². The van der Waals surface area contributed by atoms with Crippen LogP contribution in [0.15, 0.2) is 16.6 Å². The molecule has 0 saturated carbocycles. The number of Topliss-reactive ketones (excluding diaryl/α,β-unsaturated/α-hetero) is 1. The second-order valence-electron chi connectivity index (χ2n) is 2.72. The minimum absolute atomic E-state index is 0.0270. The molecule has 0 aliphatic carbocycles. The van der Waals surface area contributed by atoms with E-state index in [2.05, 4.69) is 38.5 Å². The topological polar surface area (TPSA) is 26.3 Å². The van der Waals surface area contributed by atoms with Crippen LogP contribution in [0.3, 0.4) is 0 Å². The lowest BCUT2D eigenvalue weighted by molar-refractivity contribution is 0.101. The Morgan fingerprint density at radius 1 is 1.57 bits per heavy atom. The molecule has 0 fully saturated rings. The number of carbonyl (C=O) groups is 1. The second-order valence-corrected chi connectivity index (χ2v) is 4.74. The largest absolute Gasteiger partial charge is 0.492 e. The molecule has 0 atom stereocenters. The highest BCUT2D eigenvalue weighted by molar-refractivity contribution is 14.1. The summed E-state index contributed by atoms with van der Waals surface area (Å²) in [6.07, 6.45) is 0. The lowest BCUT2D eigenvalue weighted by atomic mass is 10.1. The Kier molecular flexibility index (Phi) is 4.37. The van der Waals surface area contributed by atoms with Crippen LogP contribution in [0.2, 0.25) is 0 Å². The van der Waals surface area contributed by atoms with Gasteiger partial charge in [0.25, 0.3) is 0 Å². The fourth-order valence-corrected chi connectivity index (χ4v) is 2.40. The minimum Gasteiger partial charge on any atom is -0.492 e. The van der Waals surface area contributed by atoms with Gasteiger partial charge < -0.3 is 4.74 Å². The maximum Gasteiger partial charge on any atom is 0.164 e. The molecular formula is C10H10BrIO2. The smallest absolute Gasteiger partial charge is 0.164 e. The maximum absolute atomic E-state index is 11.4. The molecule has 1 aromatic rings. The van der Waals surface area contributed by atoms with E-state index in [9.17, 15) is 4.79 Å². The number of benzene rings is 1. The minimum atomic E-state index is 0.0270. The first-order valence-electron chi connectivity index (χ1n) is 4.19. The van der Waals surface area contributed by atoms with Gasteiger partial charge in [-0.2, -0.15) is 0 Å². The summed E-state index contributed by atoms with van der Waals surface area (Å²) in [7, 11) is 0. The fourth-order valence-electron chi connectivity index (χ4n) is 1.15. The molecule has 4 heteroatoms. The van der Waals surface area contributed by atoms with Gasteiger partial charge in [-0.05, 0) is 64.5 Å². The van der Waals surface area contributed by atoms with Gasteiger partial charge >= 0.3 is 0 Å². The average Bonchev–Trinajstić information content (AvgIpc) is 2.11. The molecule has 0 aliphatic rings. The van der Waals surface area contributed by atoms with E-state index in [1.807, 2.05) is 19.1 Å². The average molecular weight is 369 g/mol. The first kappa shape index (κ1) is 12.0. The van der Waals surface area contributed by atoms with Gasteiger partial charge in [0, 0.05) is 3.57 Å². The van der Waals surface area contributed by atoms with Crippen molar-refractivity contribution >= 4 is 44.3 Å². The Balaban J connectivity index is 3.33. The van der Waals surface area contributed by atoms with Crippen molar-refractivity contribution in [2.24, 2.45) is 0 Å². The fraction of sp³-hybridized carbons (Fsp3) is 0.300. The van der Waals surface area contributed by atoms with Gasteiger partial charge in [0.05, 0.1) is 16.6 Å². The number of hydrogen-bond donors (Lipinski definition) is 0. The van der Waals surface area contributed by atoms with E-state index in [0.717, 1.165) is 8.04 Å². The number of ether oxygens (including phenoxy) is 1. The summed E-state index contributed by atoms with van der Waals surface area (Å²) >= 11 is 5.51. The quantitative estimate of drug-likeness (QED) is 0.601. The number of ketones is 1. The first-order chi connectivity index (χ1) is 6.57. The summed E-state index contributed by atoms with van der Waals surface area (Å²) in [4.78, 5) is 11.4. The van der Waals surface area contributed by atoms with E-state index >= 15 is 0 Å². The Labute approximate surface area is 105 Å². The van der Waals surface area contributed by atoms with E-state index in [1.165, 1.54) is 0 Å². The van der Waals surface area contributed by atoms with Crippen LogP contribution in [-0.2, 0) is 0 Å². The molecule has 0 radical (unpaired) electrons. The van der Waals surface area contributed by atoms with E-state index in [1.54, 1.807) is 6.92 Å². The lowest BCUT2D eigenvalue weighted by Gasteiger charge is -2.11. The van der Waals surface area contributed by atoms with Crippen LogP contribution in [0.4, 0.5) is 0 Å². The van der Waals surface area contributed by atoms with Crippen molar-refractivity contribution in [3.8, 4) is 5.75 Å². The van der Waals surface area contributed by atoms with Crippen LogP contribution in [0.1, 0.15) is 24.2 Å². The second kappa shape index (κ2) is 5.11. The van der Waals surface area contributed by atoms with Crippen LogP contribution in [0.5, 0.6) is 5.75 Å². The van der Waals surface area contributed by atoms with E-state index in [4.69, 9.17) is 4.74 Å². The molecule has 0 N–H and O–H groups in total. The Morgan fingerprint density at radius 2 is 2.21 bits per heavy atom. The summed E-state index contributed by atoms with van der Waals surface area (Å²) < 4.78 is 7.18. The van der Waals surface area contributed by atoms with E-state index < -0.39 is 0 Å². The van der Waals surface area contributed by atoms with Gasteiger partial charge in [0.15, 0.2) is 5.78 Å². The molecule has 1 rings (SSSR count). The summed E-state index contributed by atoms with van der Waals surface area (Å²) in [5, 5.41) is 0. The van der Waals surface area contributed by atoms with E-state index in [-0.39, 0.29) is 5.78 Å². The van der Waals surface area contributed by atoms with Crippen molar-refractivity contribution < 1.29 is 9.53 Å². The van der Waals surface area contributed by atoms with Crippen LogP contribution >= 0.6 is 38.5 Å². The highest BCUT2D eigenvalue weighted by Crippen LogP contribution is 2.32. The van der Waals surface area contributed by atoms with Crippen molar-refractivity contribution in [3.63, 3.8) is 0 Å². The van der Waals surface area contributed by atoms with Crippen molar-refractivity contribution in [1.82, 2.24) is 0 Å². The Morgan fingerprint density at radius 3 is 2.71 bits per heavy atom. The molecule has 0 aromatic heterocycles. The standard InChI is InChI=1S/C10H10BrIO2/c1-3-14-10-7(11)4-5-8(12)9(10)6(2)13/h4-5H,3H2,1-2H3. The molecule has 0 unspecified atom stereocenters. The summed E-state index contributed by atoms with van der Waals surface area (Å²) in [5.74, 6) is 0.672. The Hall–Kier alpha value is -0.100. The first-order valence-corrected chi connectivity index (χ1v) is 6.06. The van der Waals surface area contributed by atoms with Gasteiger partial charge in [-0.3, -0.25) is 4.79 Å². The Bertz CT molecular complexity index is 363. The number of carbonyl (C=O) groups excluding carboxylic acids is 1. The van der Waals surface area contributed by atoms with Crippen molar-refractivity contribution in [3.05, 3.63) is 25.7 Å². The molecule has 0 aliphatic heterocycles. The van der Waals surface area contributed by atoms with Crippen LogP contribution in [0, 0.1) is 3.57 Å². The molecule has 2 nitrogen and oxygen atoms in total. The molecule has 0 heterocycles. The number of rotatable bonds is 3. The van der Waals surface area contributed by atoms with Crippen LogP contribution in [-0.4, -0.2) is 12.4 Å². The highest BCUT2D eigenvalue weighted by atomic mass is 127. The zero-order chi connectivity index (χ0) is 10.7. The molecule has 0 spiro atoms. The van der Waals surface area contributed by atoms with Gasteiger partial charge in [0.1, 0.15) is 5.75 Å². The third-order valence-corrected chi connectivity index (χ3v) is 3.22. The van der Waals surface area contributed by atoms with Crippen LogP contribution < -0.4 is 4.74 Å².